The average molecular weight is 290 g/mol. The van der Waals surface area contributed by atoms with E-state index in [0.717, 1.165) is 25.9 Å². The summed E-state index contributed by atoms with van der Waals surface area (Å²) in [6.45, 7) is 8.20. The van der Waals surface area contributed by atoms with Gasteiger partial charge in [0.1, 0.15) is 0 Å². The predicted octanol–water partition coefficient (Wildman–Crippen LogP) is 5.82. The van der Waals surface area contributed by atoms with E-state index in [-0.39, 0.29) is 12.5 Å². The Kier molecular flexibility index (Phi) is 6.90. The standard InChI is InChI=1S/C17H32F2O/c1-14(2)17(18,19)12-7-5-6-9-16(10-8-11-16)13-20-15(3)4/h14-15H,5-13H2,1-4H3. The maximum Gasteiger partial charge on any atom is 0.250 e. The van der Waals surface area contributed by atoms with E-state index < -0.39 is 11.8 Å². The molecule has 0 aromatic rings. The summed E-state index contributed by atoms with van der Waals surface area (Å²) in [5.74, 6) is -3.03. The second-order valence-corrected chi connectivity index (χ2v) is 7.19. The highest BCUT2D eigenvalue weighted by molar-refractivity contribution is 4.87. The molecule has 0 spiro atoms. The van der Waals surface area contributed by atoms with Crippen LogP contribution in [0, 0.1) is 11.3 Å². The quantitative estimate of drug-likeness (QED) is 0.460. The summed E-state index contributed by atoms with van der Waals surface area (Å²) in [5, 5.41) is 0. The first-order chi connectivity index (χ1) is 9.27. The maximum absolute atomic E-state index is 13.5. The van der Waals surface area contributed by atoms with Crippen LogP contribution < -0.4 is 0 Å². The molecule has 0 bridgehead atoms. The summed E-state index contributed by atoms with van der Waals surface area (Å²) in [6.07, 6.45) is 7.91. The van der Waals surface area contributed by atoms with Crippen LogP contribution in [0.3, 0.4) is 0 Å². The zero-order valence-electron chi connectivity index (χ0n) is 13.7. The minimum absolute atomic E-state index is 0.0418. The van der Waals surface area contributed by atoms with Gasteiger partial charge in [-0.25, -0.2) is 8.78 Å². The first-order valence-electron chi connectivity index (χ1n) is 8.27. The molecule has 0 aromatic heterocycles. The highest BCUT2D eigenvalue weighted by atomic mass is 19.3. The minimum Gasteiger partial charge on any atom is -0.378 e. The van der Waals surface area contributed by atoms with Gasteiger partial charge in [0.05, 0.1) is 12.7 Å². The maximum atomic E-state index is 13.5. The fourth-order valence-electron chi connectivity index (χ4n) is 2.81. The molecule has 120 valence electrons. The third kappa shape index (κ3) is 5.67. The van der Waals surface area contributed by atoms with Crippen LogP contribution in [0.5, 0.6) is 0 Å². The van der Waals surface area contributed by atoms with Crippen LogP contribution in [-0.2, 0) is 4.74 Å². The lowest BCUT2D eigenvalue weighted by Gasteiger charge is -2.42. The van der Waals surface area contributed by atoms with Gasteiger partial charge in [0, 0.05) is 12.3 Å². The highest BCUT2D eigenvalue weighted by Crippen LogP contribution is 2.45. The van der Waals surface area contributed by atoms with Crippen LogP contribution in [0.1, 0.15) is 79.1 Å². The van der Waals surface area contributed by atoms with Gasteiger partial charge in [-0.05, 0) is 44.9 Å². The van der Waals surface area contributed by atoms with Crippen molar-refractivity contribution < 1.29 is 13.5 Å². The fourth-order valence-corrected chi connectivity index (χ4v) is 2.81. The third-order valence-electron chi connectivity index (χ3n) is 4.70. The van der Waals surface area contributed by atoms with Crippen molar-refractivity contribution in [1.82, 2.24) is 0 Å². The molecule has 3 heteroatoms. The van der Waals surface area contributed by atoms with E-state index in [1.54, 1.807) is 13.8 Å². The number of hydrogen-bond acceptors (Lipinski definition) is 1. The van der Waals surface area contributed by atoms with Crippen molar-refractivity contribution >= 4 is 0 Å². The van der Waals surface area contributed by atoms with E-state index in [1.165, 1.54) is 19.3 Å². The van der Waals surface area contributed by atoms with E-state index in [4.69, 9.17) is 4.74 Å². The Bertz CT molecular complexity index is 270. The SMILES string of the molecule is CC(C)OCC1(CCCCCC(F)(F)C(C)C)CCC1. The van der Waals surface area contributed by atoms with Gasteiger partial charge >= 0.3 is 0 Å². The van der Waals surface area contributed by atoms with Crippen molar-refractivity contribution in [3.63, 3.8) is 0 Å². The molecular formula is C17H32F2O. The molecule has 1 saturated carbocycles. The van der Waals surface area contributed by atoms with E-state index in [0.29, 0.717) is 11.8 Å². The molecule has 0 amide bonds. The molecule has 0 aliphatic heterocycles. The summed E-state index contributed by atoms with van der Waals surface area (Å²) in [6, 6.07) is 0. The largest absolute Gasteiger partial charge is 0.378 e. The van der Waals surface area contributed by atoms with Crippen LogP contribution >= 0.6 is 0 Å². The second kappa shape index (κ2) is 7.72. The van der Waals surface area contributed by atoms with E-state index in [1.807, 2.05) is 0 Å². The van der Waals surface area contributed by atoms with Gasteiger partial charge in [-0.15, -0.1) is 0 Å². The second-order valence-electron chi connectivity index (χ2n) is 7.19. The summed E-state index contributed by atoms with van der Waals surface area (Å²) in [5.41, 5.74) is 0.366. The Morgan fingerprint density at radius 2 is 1.70 bits per heavy atom. The molecule has 1 aliphatic carbocycles. The van der Waals surface area contributed by atoms with Crippen molar-refractivity contribution in [3.8, 4) is 0 Å². The molecule has 0 atom stereocenters. The highest BCUT2D eigenvalue weighted by Gasteiger charge is 2.37. The zero-order valence-corrected chi connectivity index (χ0v) is 13.7. The Morgan fingerprint density at radius 3 is 2.15 bits per heavy atom. The van der Waals surface area contributed by atoms with E-state index in [2.05, 4.69) is 13.8 Å². The first kappa shape index (κ1) is 17.9. The number of unbranched alkanes of at least 4 members (excludes halogenated alkanes) is 2. The number of alkyl halides is 2. The van der Waals surface area contributed by atoms with Crippen molar-refractivity contribution in [2.24, 2.45) is 11.3 Å². The Balaban J connectivity index is 2.16. The smallest absolute Gasteiger partial charge is 0.250 e. The molecule has 1 nitrogen and oxygen atoms in total. The summed E-state index contributed by atoms with van der Waals surface area (Å²) >= 11 is 0. The van der Waals surface area contributed by atoms with Gasteiger partial charge in [-0.3, -0.25) is 0 Å². The van der Waals surface area contributed by atoms with Crippen LogP contribution in [0.4, 0.5) is 8.78 Å². The molecule has 0 unspecified atom stereocenters. The predicted molar refractivity (Wildman–Crippen MR) is 80.2 cm³/mol. The van der Waals surface area contributed by atoms with Crippen molar-refractivity contribution in [1.29, 1.82) is 0 Å². The molecule has 0 saturated heterocycles. The van der Waals surface area contributed by atoms with Gasteiger partial charge in [-0.2, -0.15) is 0 Å². The fraction of sp³-hybridized carbons (Fsp3) is 1.00. The minimum atomic E-state index is -2.49. The number of rotatable bonds is 10. The Hall–Kier alpha value is -0.180. The normalized spacial score (nSPS) is 18.6. The van der Waals surface area contributed by atoms with Crippen molar-refractivity contribution in [2.45, 2.75) is 91.1 Å². The molecule has 0 aromatic carbocycles. The van der Waals surface area contributed by atoms with Gasteiger partial charge < -0.3 is 4.74 Å². The van der Waals surface area contributed by atoms with E-state index in [9.17, 15) is 8.78 Å². The number of hydrogen-bond donors (Lipinski definition) is 0. The molecule has 0 N–H and O–H groups in total. The molecule has 0 radical (unpaired) electrons. The average Bonchev–Trinajstić information content (AvgIpc) is 2.30. The van der Waals surface area contributed by atoms with Gasteiger partial charge in [0.15, 0.2) is 0 Å². The zero-order chi connectivity index (χ0) is 15.2. The Morgan fingerprint density at radius 1 is 1.05 bits per heavy atom. The number of halogens is 2. The molecule has 20 heavy (non-hydrogen) atoms. The van der Waals surface area contributed by atoms with Crippen LogP contribution in [0.15, 0.2) is 0 Å². The topological polar surface area (TPSA) is 9.23 Å². The third-order valence-corrected chi connectivity index (χ3v) is 4.70. The van der Waals surface area contributed by atoms with Crippen molar-refractivity contribution in [3.05, 3.63) is 0 Å². The summed E-state index contributed by atoms with van der Waals surface area (Å²) < 4.78 is 32.7. The van der Waals surface area contributed by atoms with Crippen molar-refractivity contribution in [2.75, 3.05) is 6.61 Å². The lowest BCUT2D eigenvalue weighted by atomic mass is 9.66. The van der Waals surface area contributed by atoms with Gasteiger partial charge in [0.2, 0.25) is 5.92 Å². The first-order valence-corrected chi connectivity index (χ1v) is 8.27. The lowest BCUT2D eigenvalue weighted by molar-refractivity contribution is -0.0554. The van der Waals surface area contributed by atoms with Crippen LogP contribution in [-0.4, -0.2) is 18.6 Å². The molecule has 1 rings (SSSR count). The Labute approximate surface area is 123 Å². The number of ether oxygens (including phenoxy) is 1. The van der Waals surface area contributed by atoms with E-state index >= 15 is 0 Å². The lowest BCUT2D eigenvalue weighted by Crippen LogP contribution is -2.35. The van der Waals surface area contributed by atoms with Crippen LogP contribution in [0.2, 0.25) is 0 Å². The molecule has 1 aliphatic rings. The molecule has 1 fully saturated rings. The summed E-state index contributed by atoms with van der Waals surface area (Å²) in [4.78, 5) is 0. The van der Waals surface area contributed by atoms with Gasteiger partial charge in [-0.1, -0.05) is 33.1 Å². The molecular weight excluding hydrogens is 258 g/mol. The van der Waals surface area contributed by atoms with Gasteiger partial charge in [0.25, 0.3) is 0 Å². The molecule has 0 heterocycles. The monoisotopic (exact) mass is 290 g/mol. The van der Waals surface area contributed by atoms with Crippen LogP contribution in [0.25, 0.3) is 0 Å². The summed E-state index contributed by atoms with van der Waals surface area (Å²) in [7, 11) is 0.